The Kier molecular flexibility index (Phi) is 7.71. The predicted octanol–water partition coefficient (Wildman–Crippen LogP) is 2.89. The van der Waals surface area contributed by atoms with Gasteiger partial charge in [0.15, 0.2) is 0 Å². The maximum absolute atomic E-state index is 12.0. The third-order valence-electron chi connectivity index (χ3n) is 3.13. The van der Waals surface area contributed by atoms with E-state index >= 15 is 0 Å². The van der Waals surface area contributed by atoms with Crippen molar-refractivity contribution in [3.05, 3.63) is 0 Å². The van der Waals surface area contributed by atoms with Gasteiger partial charge in [0.25, 0.3) is 0 Å². The number of alkyl halides is 3. The summed E-state index contributed by atoms with van der Waals surface area (Å²) in [6.45, 7) is 2.57. The lowest BCUT2D eigenvalue weighted by Crippen LogP contribution is -2.36. The molecule has 0 amide bonds. The van der Waals surface area contributed by atoms with Crippen LogP contribution in [0.15, 0.2) is 0 Å². The van der Waals surface area contributed by atoms with Crippen molar-refractivity contribution >= 4 is 0 Å². The van der Waals surface area contributed by atoms with E-state index in [0.717, 1.165) is 45.3 Å². The molecule has 1 fully saturated rings. The molecule has 1 aliphatic heterocycles. The minimum Gasteiger partial charge on any atom is -0.378 e. The summed E-state index contributed by atoms with van der Waals surface area (Å²) in [5, 5.41) is 3.23. The second-order valence-electron chi connectivity index (χ2n) is 4.99. The fraction of sp³-hybridized carbons (Fsp3) is 1.00. The third kappa shape index (κ3) is 8.44. The summed E-state index contributed by atoms with van der Waals surface area (Å²) in [5.74, 6) is 0. The van der Waals surface area contributed by atoms with Crippen LogP contribution in [0, 0.1) is 0 Å². The number of ether oxygens (including phenoxy) is 2. The zero-order valence-corrected chi connectivity index (χ0v) is 11.5. The molecule has 0 spiro atoms. The highest BCUT2D eigenvalue weighted by atomic mass is 19.4. The number of nitrogens with one attached hydrogen (secondary N) is 1. The first-order chi connectivity index (χ1) is 9.01. The molecule has 1 heterocycles. The first-order valence-electron chi connectivity index (χ1n) is 7.00. The molecule has 0 saturated carbocycles. The van der Waals surface area contributed by atoms with Gasteiger partial charge in [0, 0.05) is 12.6 Å². The van der Waals surface area contributed by atoms with Gasteiger partial charge in [-0.1, -0.05) is 6.92 Å². The summed E-state index contributed by atoms with van der Waals surface area (Å²) < 4.78 is 46.3. The molecule has 0 aromatic rings. The van der Waals surface area contributed by atoms with Crippen LogP contribution in [0.25, 0.3) is 0 Å². The van der Waals surface area contributed by atoms with Crippen LogP contribution in [0.2, 0.25) is 0 Å². The Morgan fingerprint density at radius 3 is 2.79 bits per heavy atom. The van der Waals surface area contributed by atoms with Gasteiger partial charge in [-0.25, -0.2) is 0 Å². The van der Waals surface area contributed by atoms with Gasteiger partial charge in [-0.2, -0.15) is 13.2 Å². The maximum Gasteiger partial charge on any atom is 0.411 e. The normalized spacial score (nSPS) is 21.8. The lowest BCUT2D eigenvalue weighted by Gasteiger charge is -2.20. The first-order valence-corrected chi connectivity index (χ1v) is 7.00. The van der Waals surface area contributed by atoms with Crippen molar-refractivity contribution in [1.29, 1.82) is 0 Å². The van der Waals surface area contributed by atoms with Crippen molar-refractivity contribution in [3.8, 4) is 0 Å². The molecule has 1 N–H and O–H groups in total. The molecule has 0 aromatic carbocycles. The summed E-state index contributed by atoms with van der Waals surface area (Å²) in [7, 11) is 0. The minimum absolute atomic E-state index is 0.0218. The standard InChI is InChI=1S/C13H24F3NO2/c1-2-7-17-11(9-18-10-13(14,15)16)5-6-12-4-3-8-19-12/h11-12,17H,2-10H2,1H3. The highest BCUT2D eigenvalue weighted by molar-refractivity contribution is 4.72. The quantitative estimate of drug-likeness (QED) is 0.706. The smallest absolute Gasteiger partial charge is 0.378 e. The zero-order valence-electron chi connectivity index (χ0n) is 11.5. The lowest BCUT2D eigenvalue weighted by molar-refractivity contribution is -0.175. The Labute approximate surface area is 112 Å². The van der Waals surface area contributed by atoms with E-state index in [1.54, 1.807) is 0 Å². The molecule has 1 saturated heterocycles. The van der Waals surface area contributed by atoms with Gasteiger partial charge in [-0.15, -0.1) is 0 Å². The average Bonchev–Trinajstić information content (AvgIpc) is 2.83. The Morgan fingerprint density at radius 2 is 2.21 bits per heavy atom. The van der Waals surface area contributed by atoms with E-state index in [1.165, 1.54) is 0 Å². The molecule has 19 heavy (non-hydrogen) atoms. The Morgan fingerprint density at radius 1 is 1.42 bits per heavy atom. The van der Waals surface area contributed by atoms with Gasteiger partial charge in [0.05, 0.1) is 12.7 Å². The summed E-state index contributed by atoms with van der Waals surface area (Å²) in [6.07, 6.45) is 0.805. The van der Waals surface area contributed by atoms with E-state index in [4.69, 9.17) is 9.47 Å². The van der Waals surface area contributed by atoms with E-state index in [0.29, 0.717) is 0 Å². The van der Waals surface area contributed by atoms with Gasteiger partial charge in [0.1, 0.15) is 6.61 Å². The van der Waals surface area contributed by atoms with Gasteiger partial charge < -0.3 is 14.8 Å². The number of rotatable bonds is 9. The molecular weight excluding hydrogens is 259 g/mol. The summed E-state index contributed by atoms with van der Waals surface area (Å²) >= 11 is 0. The highest BCUT2D eigenvalue weighted by Crippen LogP contribution is 2.18. The monoisotopic (exact) mass is 283 g/mol. The van der Waals surface area contributed by atoms with Crippen molar-refractivity contribution in [2.75, 3.05) is 26.4 Å². The molecular formula is C13H24F3NO2. The van der Waals surface area contributed by atoms with Crippen molar-refractivity contribution < 1.29 is 22.6 Å². The van der Waals surface area contributed by atoms with Crippen LogP contribution in [0.5, 0.6) is 0 Å². The van der Waals surface area contributed by atoms with Gasteiger partial charge in [-0.05, 0) is 38.6 Å². The van der Waals surface area contributed by atoms with Crippen LogP contribution >= 0.6 is 0 Å². The van der Waals surface area contributed by atoms with Gasteiger partial charge >= 0.3 is 6.18 Å². The summed E-state index contributed by atoms with van der Waals surface area (Å²) in [5.41, 5.74) is 0. The highest BCUT2D eigenvalue weighted by Gasteiger charge is 2.28. The Bertz CT molecular complexity index is 230. The second kappa shape index (κ2) is 8.76. The number of hydrogen-bond acceptors (Lipinski definition) is 3. The van der Waals surface area contributed by atoms with Crippen molar-refractivity contribution in [3.63, 3.8) is 0 Å². The Balaban J connectivity index is 2.20. The van der Waals surface area contributed by atoms with Crippen LogP contribution in [0.3, 0.4) is 0 Å². The molecule has 2 unspecified atom stereocenters. The van der Waals surface area contributed by atoms with E-state index in [1.807, 2.05) is 6.92 Å². The number of halogens is 3. The first kappa shape index (κ1) is 16.7. The lowest BCUT2D eigenvalue weighted by atomic mass is 10.1. The van der Waals surface area contributed by atoms with Crippen LogP contribution < -0.4 is 5.32 Å². The van der Waals surface area contributed by atoms with Crippen LogP contribution in [-0.2, 0) is 9.47 Å². The molecule has 0 radical (unpaired) electrons. The van der Waals surface area contributed by atoms with Crippen molar-refractivity contribution in [1.82, 2.24) is 5.32 Å². The van der Waals surface area contributed by atoms with Crippen LogP contribution in [0.1, 0.15) is 39.0 Å². The van der Waals surface area contributed by atoms with E-state index in [2.05, 4.69) is 5.32 Å². The summed E-state index contributed by atoms with van der Waals surface area (Å²) in [6, 6.07) is -0.0218. The molecule has 6 heteroatoms. The molecule has 0 bridgehead atoms. The molecule has 0 aliphatic carbocycles. The van der Waals surface area contributed by atoms with Gasteiger partial charge in [-0.3, -0.25) is 0 Å². The van der Waals surface area contributed by atoms with E-state index in [-0.39, 0.29) is 18.8 Å². The molecule has 1 rings (SSSR count). The third-order valence-corrected chi connectivity index (χ3v) is 3.13. The van der Waals surface area contributed by atoms with E-state index < -0.39 is 12.8 Å². The maximum atomic E-state index is 12.0. The SMILES string of the molecule is CCCNC(CCC1CCCO1)COCC(F)(F)F. The molecule has 0 aromatic heterocycles. The van der Waals surface area contributed by atoms with Gasteiger partial charge in [0.2, 0.25) is 0 Å². The zero-order chi connectivity index (χ0) is 14.1. The molecule has 114 valence electrons. The fourth-order valence-corrected chi connectivity index (χ4v) is 2.17. The molecule has 3 nitrogen and oxygen atoms in total. The average molecular weight is 283 g/mol. The predicted molar refractivity (Wildman–Crippen MR) is 67.2 cm³/mol. The molecule has 1 aliphatic rings. The Hall–Kier alpha value is -0.330. The summed E-state index contributed by atoms with van der Waals surface area (Å²) in [4.78, 5) is 0. The van der Waals surface area contributed by atoms with Crippen LogP contribution in [0.4, 0.5) is 13.2 Å². The van der Waals surface area contributed by atoms with Crippen LogP contribution in [-0.4, -0.2) is 44.7 Å². The second-order valence-corrected chi connectivity index (χ2v) is 4.99. The minimum atomic E-state index is -4.25. The van der Waals surface area contributed by atoms with Crippen molar-refractivity contribution in [2.45, 2.75) is 57.3 Å². The fourth-order valence-electron chi connectivity index (χ4n) is 2.17. The molecule has 2 atom stereocenters. The number of hydrogen-bond donors (Lipinski definition) is 1. The largest absolute Gasteiger partial charge is 0.411 e. The topological polar surface area (TPSA) is 30.5 Å². The van der Waals surface area contributed by atoms with E-state index in [9.17, 15) is 13.2 Å². The van der Waals surface area contributed by atoms with Crippen molar-refractivity contribution in [2.24, 2.45) is 0 Å².